The van der Waals surface area contributed by atoms with E-state index in [4.69, 9.17) is 9.47 Å². The second-order valence-corrected chi connectivity index (χ2v) is 8.00. The van der Waals surface area contributed by atoms with Crippen molar-refractivity contribution in [2.75, 3.05) is 37.7 Å². The summed E-state index contributed by atoms with van der Waals surface area (Å²) in [7, 11) is 0. The summed E-state index contributed by atoms with van der Waals surface area (Å²) in [5, 5.41) is 23.3. The van der Waals surface area contributed by atoms with Gasteiger partial charge in [-0.15, -0.1) is 0 Å². The number of ether oxygens (including phenoxy) is 2. The standard InChI is InChI=1S/C24H31N3O6/c1-3-32-24(31)17-4-7-23(26-13-17)27-10-8-18(9-11-27)25-14-19(29)15-33-20-5-6-22(30)21(12-20)16(2)28/h4-7,12-13,18-19,25,29-30H,3,8-11,14-15H2,1-2H3. The summed E-state index contributed by atoms with van der Waals surface area (Å²) >= 11 is 0. The van der Waals surface area contributed by atoms with Crippen molar-refractivity contribution in [3.63, 3.8) is 0 Å². The first-order valence-corrected chi connectivity index (χ1v) is 11.1. The summed E-state index contributed by atoms with van der Waals surface area (Å²) in [6.07, 6.45) is 2.63. The molecule has 2 heterocycles. The number of nitrogens with one attached hydrogen (secondary N) is 1. The van der Waals surface area contributed by atoms with Crippen molar-refractivity contribution in [2.45, 2.75) is 38.8 Å². The van der Waals surface area contributed by atoms with Gasteiger partial charge >= 0.3 is 5.97 Å². The van der Waals surface area contributed by atoms with Crippen LogP contribution < -0.4 is 15.0 Å². The van der Waals surface area contributed by atoms with E-state index in [1.807, 2.05) is 6.07 Å². The Morgan fingerprint density at radius 1 is 1.24 bits per heavy atom. The first-order valence-electron chi connectivity index (χ1n) is 11.1. The summed E-state index contributed by atoms with van der Waals surface area (Å²) in [5.41, 5.74) is 0.634. The van der Waals surface area contributed by atoms with Crippen molar-refractivity contribution in [2.24, 2.45) is 0 Å². The highest BCUT2D eigenvalue weighted by Crippen LogP contribution is 2.23. The lowest BCUT2D eigenvalue weighted by atomic mass is 10.0. The van der Waals surface area contributed by atoms with Crippen LogP contribution in [0.5, 0.6) is 11.5 Å². The second-order valence-electron chi connectivity index (χ2n) is 8.00. The number of nitrogens with zero attached hydrogens (tertiary/aromatic N) is 2. The Morgan fingerprint density at radius 2 is 2.00 bits per heavy atom. The van der Waals surface area contributed by atoms with Gasteiger partial charge < -0.3 is 29.9 Å². The van der Waals surface area contributed by atoms with Crippen LogP contribution in [0, 0.1) is 0 Å². The van der Waals surface area contributed by atoms with E-state index in [9.17, 15) is 19.8 Å². The molecule has 0 bridgehead atoms. The number of esters is 1. The van der Waals surface area contributed by atoms with Gasteiger partial charge in [-0.05, 0) is 57.0 Å². The highest BCUT2D eigenvalue weighted by molar-refractivity contribution is 5.97. The van der Waals surface area contributed by atoms with E-state index in [0.29, 0.717) is 24.5 Å². The summed E-state index contributed by atoms with van der Waals surface area (Å²) in [6, 6.07) is 8.28. The number of Topliss-reactive ketones (excluding diaryl/α,β-unsaturated/α-hetero) is 1. The molecule has 1 aromatic heterocycles. The molecule has 33 heavy (non-hydrogen) atoms. The monoisotopic (exact) mass is 457 g/mol. The maximum atomic E-state index is 11.7. The minimum absolute atomic E-state index is 0.0741. The number of aliphatic hydroxyl groups excluding tert-OH is 1. The second kappa shape index (κ2) is 11.6. The molecule has 0 radical (unpaired) electrons. The Kier molecular flexibility index (Phi) is 8.62. The average Bonchev–Trinajstić information content (AvgIpc) is 2.82. The van der Waals surface area contributed by atoms with E-state index in [-0.39, 0.29) is 35.7 Å². The number of aliphatic hydroxyl groups is 1. The van der Waals surface area contributed by atoms with Gasteiger partial charge in [0.25, 0.3) is 0 Å². The van der Waals surface area contributed by atoms with Gasteiger partial charge in [0.2, 0.25) is 0 Å². The third-order valence-electron chi connectivity index (χ3n) is 5.51. The molecular weight excluding hydrogens is 426 g/mol. The Balaban J connectivity index is 1.39. The SMILES string of the molecule is CCOC(=O)c1ccc(N2CCC(NCC(O)COc3ccc(O)c(C(C)=O)c3)CC2)nc1. The molecule has 0 aliphatic carbocycles. The van der Waals surface area contributed by atoms with Gasteiger partial charge in [0.15, 0.2) is 5.78 Å². The lowest BCUT2D eigenvalue weighted by Gasteiger charge is -2.33. The maximum absolute atomic E-state index is 11.7. The highest BCUT2D eigenvalue weighted by atomic mass is 16.5. The molecule has 1 fully saturated rings. The molecule has 3 N–H and O–H groups in total. The van der Waals surface area contributed by atoms with Crippen molar-refractivity contribution < 1.29 is 29.3 Å². The van der Waals surface area contributed by atoms with Crippen LogP contribution in [0.3, 0.4) is 0 Å². The molecule has 0 saturated carbocycles. The summed E-state index contributed by atoms with van der Waals surface area (Å²) in [4.78, 5) is 29.8. The van der Waals surface area contributed by atoms with E-state index in [1.165, 1.54) is 19.1 Å². The van der Waals surface area contributed by atoms with E-state index in [0.717, 1.165) is 31.7 Å². The summed E-state index contributed by atoms with van der Waals surface area (Å²) < 4.78 is 10.5. The molecular formula is C24H31N3O6. The Morgan fingerprint density at radius 3 is 2.64 bits per heavy atom. The molecule has 0 spiro atoms. The van der Waals surface area contributed by atoms with Crippen LogP contribution in [-0.4, -0.2) is 71.9 Å². The van der Waals surface area contributed by atoms with Crippen LogP contribution in [0.25, 0.3) is 0 Å². The normalized spacial score (nSPS) is 15.2. The number of hydrogen-bond acceptors (Lipinski definition) is 9. The quantitative estimate of drug-likeness (QED) is 0.364. The topological polar surface area (TPSA) is 121 Å². The molecule has 1 aliphatic rings. The van der Waals surface area contributed by atoms with E-state index < -0.39 is 6.10 Å². The van der Waals surface area contributed by atoms with Crippen molar-refractivity contribution >= 4 is 17.6 Å². The number of pyridine rings is 1. The molecule has 178 valence electrons. The number of phenols is 1. The number of carbonyl (C=O) groups is 2. The fourth-order valence-electron chi connectivity index (χ4n) is 3.66. The van der Waals surface area contributed by atoms with E-state index in [1.54, 1.807) is 25.3 Å². The first kappa shape index (κ1) is 24.5. The average molecular weight is 458 g/mol. The third-order valence-corrected chi connectivity index (χ3v) is 5.51. The predicted molar refractivity (Wildman–Crippen MR) is 123 cm³/mol. The summed E-state index contributed by atoms with van der Waals surface area (Å²) in [5.74, 6) is 0.539. The third kappa shape index (κ3) is 6.90. The highest BCUT2D eigenvalue weighted by Gasteiger charge is 2.21. The molecule has 9 heteroatoms. The number of anilines is 1. The first-order chi connectivity index (χ1) is 15.9. The lowest BCUT2D eigenvalue weighted by Crippen LogP contribution is -2.45. The maximum Gasteiger partial charge on any atom is 0.339 e. The van der Waals surface area contributed by atoms with Crippen LogP contribution >= 0.6 is 0 Å². The number of benzene rings is 1. The zero-order chi connectivity index (χ0) is 23.8. The predicted octanol–water partition coefficient (Wildman–Crippen LogP) is 2.16. The summed E-state index contributed by atoms with van der Waals surface area (Å²) in [6.45, 7) is 5.57. The zero-order valence-corrected chi connectivity index (χ0v) is 19.0. The van der Waals surface area contributed by atoms with E-state index in [2.05, 4.69) is 15.2 Å². The van der Waals surface area contributed by atoms with Crippen molar-refractivity contribution in [1.82, 2.24) is 10.3 Å². The minimum Gasteiger partial charge on any atom is -0.507 e. The molecule has 1 aliphatic heterocycles. The molecule has 1 saturated heterocycles. The van der Waals surface area contributed by atoms with Gasteiger partial charge in [-0.2, -0.15) is 0 Å². The van der Waals surface area contributed by atoms with Gasteiger partial charge in [-0.1, -0.05) is 0 Å². The number of piperidine rings is 1. The van der Waals surface area contributed by atoms with Gasteiger partial charge in [0.1, 0.15) is 30.0 Å². The van der Waals surface area contributed by atoms with Crippen molar-refractivity contribution in [3.05, 3.63) is 47.7 Å². The number of phenolic OH excluding ortho intramolecular Hbond substituents is 1. The Labute approximate surface area is 193 Å². The zero-order valence-electron chi connectivity index (χ0n) is 19.0. The number of hydrogen-bond donors (Lipinski definition) is 3. The van der Waals surface area contributed by atoms with Crippen LogP contribution in [0.4, 0.5) is 5.82 Å². The van der Waals surface area contributed by atoms with Crippen molar-refractivity contribution in [1.29, 1.82) is 0 Å². The lowest BCUT2D eigenvalue weighted by molar-refractivity contribution is 0.0525. The molecule has 1 aromatic carbocycles. The molecule has 1 unspecified atom stereocenters. The molecule has 9 nitrogen and oxygen atoms in total. The number of aromatic hydroxyl groups is 1. The number of aromatic nitrogens is 1. The molecule has 0 amide bonds. The molecule has 2 aromatic rings. The van der Waals surface area contributed by atoms with Crippen LogP contribution in [0.2, 0.25) is 0 Å². The number of carbonyl (C=O) groups excluding carboxylic acids is 2. The smallest absolute Gasteiger partial charge is 0.339 e. The van der Waals surface area contributed by atoms with E-state index >= 15 is 0 Å². The number of rotatable bonds is 10. The van der Waals surface area contributed by atoms with Gasteiger partial charge in [0, 0.05) is 31.9 Å². The minimum atomic E-state index is -0.713. The fourth-order valence-corrected chi connectivity index (χ4v) is 3.66. The number of ketones is 1. The van der Waals surface area contributed by atoms with Gasteiger partial charge in [-0.3, -0.25) is 4.79 Å². The Hall–Kier alpha value is -3.17. The van der Waals surface area contributed by atoms with Crippen LogP contribution in [0.1, 0.15) is 47.4 Å². The molecule has 1 atom stereocenters. The van der Waals surface area contributed by atoms with Gasteiger partial charge in [-0.25, -0.2) is 9.78 Å². The molecule has 3 rings (SSSR count). The van der Waals surface area contributed by atoms with Crippen molar-refractivity contribution in [3.8, 4) is 11.5 Å². The van der Waals surface area contributed by atoms with Crippen LogP contribution in [-0.2, 0) is 4.74 Å². The largest absolute Gasteiger partial charge is 0.507 e. The Bertz CT molecular complexity index is 942. The van der Waals surface area contributed by atoms with Gasteiger partial charge in [0.05, 0.1) is 17.7 Å². The van der Waals surface area contributed by atoms with Crippen LogP contribution in [0.15, 0.2) is 36.5 Å². The fraction of sp³-hybridized carbons (Fsp3) is 0.458.